The van der Waals surface area contributed by atoms with Crippen LogP contribution in [0.5, 0.6) is 0 Å². The lowest BCUT2D eigenvalue weighted by Crippen LogP contribution is -2.37. The first-order chi connectivity index (χ1) is 10.0. The van der Waals surface area contributed by atoms with Crippen LogP contribution in [0.3, 0.4) is 0 Å². The summed E-state index contributed by atoms with van der Waals surface area (Å²) < 4.78 is 0. The van der Waals surface area contributed by atoms with Gasteiger partial charge in [0.15, 0.2) is 5.69 Å². The highest BCUT2D eigenvalue weighted by atomic mass is 16.2. The van der Waals surface area contributed by atoms with Crippen molar-refractivity contribution in [2.45, 2.75) is 64.3 Å². The van der Waals surface area contributed by atoms with Crippen LogP contribution in [0.15, 0.2) is 6.20 Å². The number of hydrogen-bond donors (Lipinski definition) is 1. The second-order valence-electron chi connectivity index (χ2n) is 6.25. The predicted molar refractivity (Wildman–Crippen MR) is 84.1 cm³/mol. The molecule has 0 spiro atoms. The summed E-state index contributed by atoms with van der Waals surface area (Å²) in [5, 5.41) is 0. The van der Waals surface area contributed by atoms with Crippen LogP contribution in [0, 0.1) is 0 Å². The molecule has 0 aromatic carbocycles. The quantitative estimate of drug-likeness (QED) is 0.869. The van der Waals surface area contributed by atoms with Gasteiger partial charge in [-0.3, -0.25) is 4.79 Å². The van der Waals surface area contributed by atoms with Crippen LogP contribution < -0.4 is 5.73 Å². The second kappa shape index (κ2) is 6.87. The Kier molecular flexibility index (Phi) is 5.15. The fourth-order valence-corrected chi connectivity index (χ4v) is 2.83. The highest BCUT2D eigenvalue weighted by molar-refractivity contribution is 5.97. The van der Waals surface area contributed by atoms with Gasteiger partial charge in [-0.25, -0.2) is 9.97 Å². The Morgan fingerprint density at radius 3 is 2.48 bits per heavy atom. The zero-order chi connectivity index (χ0) is 15.4. The lowest BCUT2D eigenvalue weighted by molar-refractivity contribution is 0.0712. The maximum absolute atomic E-state index is 12.7. The number of carbonyl (C=O) groups excluding carboxylic acids is 1. The molecule has 1 amide bonds. The SMILES string of the molecule is CC(C)c1ncc(N)c(C(=O)N(C)C2CCCCCC2)n1. The molecule has 5 nitrogen and oxygen atoms in total. The fourth-order valence-electron chi connectivity index (χ4n) is 2.83. The van der Waals surface area contributed by atoms with E-state index in [-0.39, 0.29) is 11.8 Å². The van der Waals surface area contributed by atoms with Gasteiger partial charge in [0.05, 0.1) is 11.9 Å². The van der Waals surface area contributed by atoms with E-state index in [9.17, 15) is 4.79 Å². The molecule has 0 radical (unpaired) electrons. The van der Waals surface area contributed by atoms with Gasteiger partial charge >= 0.3 is 0 Å². The summed E-state index contributed by atoms with van der Waals surface area (Å²) in [6, 6.07) is 0.303. The number of nitrogens with two attached hydrogens (primary N) is 1. The topological polar surface area (TPSA) is 72.1 Å². The lowest BCUT2D eigenvalue weighted by Gasteiger charge is -2.27. The molecule has 0 saturated heterocycles. The normalized spacial score (nSPS) is 16.8. The van der Waals surface area contributed by atoms with E-state index in [1.54, 1.807) is 6.20 Å². The molecule has 0 bridgehead atoms. The van der Waals surface area contributed by atoms with Gasteiger partial charge in [0, 0.05) is 19.0 Å². The molecule has 1 fully saturated rings. The minimum absolute atomic E-state index is 0.0799. The Balaban J connectivity index is 2.19. The molecular weight excluding hydrogens is 264 g/mol. The van der Waals surface area contributed by atoms with Gasteiger partial charge in [-0.1, -0.05) is 39.5 Å². The molecule has 5 heteroatoms. The molecule has 0 aliphatic heterocycles. The van der Waals surface area contributed by atoms with Crippen molar-refractivity contribution in [3.05, 3.63) is 17.7 Å². The van der Waals surface area contributed by atoms with Crippen LogP contribution in [0.2, 0.25) is 0 Å². The van der Waals surface area contributed by atoms with Crippen LogP contribution in [-0.4, -0.2) is 33.9 Å². The predicted octanol–water partition coefficient (Wildman–Crippen LogP) is 2.98. The molecule has 1 aromatic rings. The second-order valence-corrected chi connectivity index (χ2v) is 6.25. The summed E-state index contributed by atoms with van der Waals surface area (Å²) >= 11 is 0. The molecule has 2 rings (SSSR count). The Hall–Kier alpha value is -1.65. The Labute approximate surface area is 127 Å². The van der Waals surface area contributed by atoms with Crippen molar-refractivity contribution in [3.8, 4) is 0 Å². The fraction of sp³-hybridized carbons (Fsp3) is 0.688. The van der Waals surface area contributed by atoms with Gasteiger partial charge < -0.3 is 10.6 Å². The largest absolute Gasteiger partial charge is 0.396 e. The maximum atomic E-state index is 12.7. The van der Waals surface area contributed by atoms with Crippen LogP contribution in [0.25, 0.3) is 0 Å². The van der Waals surface area contributed by atoms with Crippen molar-refractivity contribution in [1.82, 2.24) is 14.9 Å². The number of rotatable bonds is 3. The smallest absolute Gasteiger partial charge is 0.274 e. The molecular formula is C16H26N4O. The Bertz CT molecular complexity index is 493. The van der Waals surface area contributed by atoms with Crippen molar-refractivity contribution in [2.24, 2.45) is 0 Å². The van der Waals surface area contributed by atoms with E-state index >= 15 is 0 Å². The van der Waals surface area contributed by atoms with Gasteiger partial charge in [-0.05, 0) is 12.8 Å². The van der Waals surface area contributed by atoms with Crippen LogP contribution in [-0.2, 0) is 0 Å². The number of carbonyl (C=O) groups is 1. The molecule has 1 aromatic heterocycles. The zero-order valence-corrected chi connectivity index (χ0v) is 13.3. The molecule has 0 atom stereocenters. The van der Waals surface area contributed by atoms with Gasteiger partial charge in [0.25, 0.3) is 5.91 Å². The number of nitrogens with zero attached hydrogens (tertiary/aromatic N) is 3. The number of hydrogen-bond acceptors (Lipinski definition) is 4. The summed E-state index contributed by atoms with van der Waals surface area (Å²) in [6.45, 7) is 4.02. The van der Waals surface area contributed by atoms with E-state index < -0.39 is 0 Å². The van der Waals surface area contributed by atoms with Crippen molar-refractivity contribution < 1.29 is 4.79 Å². The monoisotopic (exact) mass is 290 g/mol. The first kappa shape index (κ1) is 15.7. The van der Waals surface area contributed by atoms with Crippen LogP contribution >= 0.6 is 0 Å². The van der Waals surface area contributed by atoms with E-state index in [2.05, 4.69) is 9.97 Å². The Morgan fingerprint density at radius 1 is 1.29 bits per heavy atom. The van der Waals surface area contributed by atoms with E-state index in [4.69, 9.17) is 5.73 Å². The molecule has 21 heavy (non-hydrogen) atoms. The first-order valence-corrected chi connectivity index (χ1v) is 7.90. The number of aromatic nitrogens is 2. The minimum atomic E-state index is -0.0799. The van der Waals surface area contributed by atoms with Gasteiger partial charge in [-0.2, -0.15) is 0 Å². The third-order valence-corrected chi connectivity index (χ3v) is 4.25. The Morgan fingerprint density at radius 2 is 1.90 bits per heavy atom. The highest BCUT2D eigenvalue weighted by Gasteiger charge is 2.25. The maximum Gasteiger partial charge on any atom is 0.274 e. The van der Waals surface area contributed by atoms with Gasteiger partial charge in [0.1, 0.15) is 5.82 Å². The summed E-state index contributed by atoms with van der Waals surface area (Å²) in [5.41, 5.74) is 6.63. The van der Waals surface area contributed by atoms with Crippen molar-refractivity contribution in [1.29, 1.82) is 0 Å². The van der Waals surface area contributed by atoms with E-state index in [1.165, 1.54) is 25.7 Å². The summed E-state index contributed by atoms with van der Waals surface area (Å²) in [4.78, 5) is 23.1. The highest BCUT2D eigenvalue weighted by Crippen LogP contribution is 2.23. The average Bonchev–Trinajstić information content (AvgIpc) is 2.75. The van der Waals surface area contributed by atoms with Crippen molar-refractivity contribution in [3.63, 3.8) is 0 Å². The molecule has 1 saturated carbocycles. The molecule has 2 N–H and O–H groups in total. The molecule has 116 valence electrons. The molecule has 0 unspecified atom stereocenters. The summed E-state index contributed by atoms with van der Waals surface area (Å²) in [5.74, 6) is 0.769. The number of amides is 1. The average molecular weight is 290 g/mol. The minimum Gasteiger partial charge on any atom is -0.396 e. The van der Waals surface area contributed by atoms with Gasteiger partial charge in [0.2, 0.25) is 0 Å². The standard InChI is InChI=1S/C16H26N4O/c1-11(2)15-18-10-13(17)14(19-15)16(21)20(3)12-8-6-4-5-7-9-12/h10-12H,4-9,17H2,1-3H3. The van der Waals surface area contributed by atoms with Crippen molar-refractivity contribution >= 4 is 11.6 Å². The first-order valence-electron chi connectivity index (χ1n) is 7.90. The van der Waals surface area contributed by atoms with Crippen LogP contribution in [0.1, 0.15) is 74.6 Å². The van der Waals surface area contributed by atoms with Crippen molar-refractivity contribution in [2.75, 3.05) is 12.8 Å². The van der Waals surface area contributed by atoms with E-state index in [0.29, 0.717) is 23.2 Å². The zero-order valence-electron chi connectivity index (χ0n) is 13.3. The molecule has 1 aliphatic carbocycles. The third-order valence-electron chi connectivity index (χ3n) is 4.25. The van der Waals surface area contributed by atoms with E-state index in [0.717, 1.165) is 12.8 Å². The summed E-state index contributed by atoms with van der Waals surface area (Å²) in [6.07, 6.45) is 8.62. The number of nitrogen functional groups attached to an aromatic ring is 1. The lowest BCUT2D eigenvalue weighted by atomic mass is 10.1. The molecule has 1 aliphatic rings. The van der Waals surface area contributed by atoms with E-state index in [1.807, 2.05) is 25.8 Å². The number of anilines is 1. The molecule has 1 heterocycles. The van der Waals surface area contributed by atoms with Crippen LogP contribution in [0.4, 0.5) is 5.69 Å². The third kappa shape index (κ3) is 3.71. The summed E-state index contributed by atoms with van der Waals surface area (Å²) in [7, 11) is 1.87. The van der Waals surface area contributed by atoms with Gasteiger partial charge in [-0.15, -0.1) is 0 Å².